The number of aryl methyl sites for hydroxylation is 1. The van der Waals surface area contributed by atoms with Gasteiger partial charge in [-0.3, -0.25) is 9.59 Å². The number of carbonyl (C=O) groups is 2. The summed E-state index contributed by atoms with van der Waals surface area (Å²) < 4.78 is 5.71. The highest BCUT2D eigenvalue weighted by atomic mass is 16.5. The molecule has 136 valence electrons. The summed E-state index contributed by atoms with van der Waals surface area (Å²) in [5.41, 5.74) is 0.567. The van der Waals surface area contributed by atoms with Crippen LogP contribution in [0.2, 0.25) is 0 Å². The molecule has 1 aliphatic heterocycles. The van der Waals surface area contributed by atoms with Gasteiger partial charge < -0.3 is 14.7 Å². The number of carbonyl (C=O) groups excluding carboxylic acids is 2. The highest BCUT2D eigenvalue weighted by Crippen LogP contribution is 2.42. The molecule has 2 aromatic carbocycles. The van der Waals surface area contributed by atoms with Crippen molar-refractivity contribution < 1.29 is 19.4 Å². The van der Waals surface area contributed by atoms with E-state index in [2.05, 4.69) is 0 Å². The monoisotopic (exact) mass is 353 g/mol. The summed E-state index contributed by atoms with van der Waals surface area (Å²) in [7, 11) is 0. The van der Waals surface area contributed by atoms with Crippen LogP contribution in [0.15, 0.2) is 48.5 Å². The third-order valence-electron chi connectivity index (χ3n) is 4.56. The number of aliphatic hydroxyl groups is 1. The van der Waals surface area contributed by atoms with Crippen LogP contribution in [0.1, 0.15) is 30.9 Å². The fourth-order valence-corrected chi connectivity index (χ4v) is 3.31. The zero-order valence-corrected chi connectivity index (χ0v) is 15.1. The van der Waals surface area contributed by atoms with E-state index in [4.69, 9.17) is 4.74 Å². The lowest BCUT2D eigenvalue weighted by Gasteiger charge is -2.22. The number of benzene rings is 2. The molecule has 0 fully saturated rings. The van der Waals surface area contributed by atoms with E-state index in [0.29, 0.717) is 30.8 Å². The molecule has 5 heteroatoms. The molecule has 0 bridgehead atoms. The molecular weight excluding hydrogens is 330 g/mol. The van der Waals surface area contributed by atoms with Crippen molar-refractivity contribution in [3.8, 4) is 5.75 Å². The Morgan fingerprint density at radius 3 is 2.54 bits per heavy atom. The minimum Gasteiger partial charge on any atom is -0.494 e. The predicted molar refractivity (Wildman–Crippen MR) is 99.3 cm³/mol. The molecule has 1 unspecified atom stereocenters. The van der Waals surface area contributed by atoms with E-state index in [9.17, 15) is 14.7 Å². The van der Waals surface area contributed by atoms with Crippen molar-refractivity contribution in [2.75, 3.05) is 18.1 Å². The van der Waals surface area contributed by atoms with Crippen LogP contribution in [-0.2, 0) is 15.2 Å². The Balaban J connectivity index is 1.67. The van der Waals surface area contributed by atoms with Crippen molar-refractivity contribution >= 4 is 17.4 Å². The maximum absolute atomic E-state index is 12.8. The first-order chi connectivity index (χ1) is 12.4. The van der Waals surface area contributed by atoms with Gasteiger partial charge in [-0.05, 0) is 38.5 Å². The van der Waals surface area contributed by atoms with E-state index < -0.39 is 11.5 Å². The van der Waals surface area contributed by atoms with Gasteiger partial charge in [-0.2, -0.15) is 0 Å². The number of ether oxygens (including phenoxy) is 1. The van der Waals surface area contributed by atoms with E-state index in [1.165, 1.54) is 12.5 Å². The Morgan fingerprint density at radius 2 is 1.85 bits per heavy atom. The minimum absolute atomic E-state index is 0.209. The lowest BCUT2D eigenvalue weighted by atomic mass is 9.90. The second kappa shape index (κ2) is 7.30. The molecule has 1 aliphatic rings. The lowest BCUT2D eigenvalue weighted by molar-refractivity contribution is -0.141. The van der Waals surface area contributed by atoms with Gasteiger partial charge >= 0.3 is 0 Å². The summed E-state index contributed by atoms with van der Waals surface area (Å²) in [5, 5.41) is 10.9. The Bertz CT molecular complexity index is 815. The van der Waals surface area contributed by atoms with Crippen LogP contribution < -0.4 is 9.64 Å². The molecule has 0 saturated carbocycles. The molecule has 1 amide bonds. The molecule has 0 aliphatic carbocycles. The largest absolute Gasteiger partial charge is 0.494 e. The van der Waals surface area contributed by atoms with Gasteiger partial charge in [0.05, 0.1) is 12.3 Å². The summed E-state index contributed by atoms with van der Waals surface area (Å²) in [6, 6.07) is 14.9. The number of amides is 1. The van der Waals surface area contributed by atoms with Gasteiger partial charge in [0, 0.05) is 18.5 Å². The molecule has 0 radical (unpaired) electrons. The molecule has 0 spiro atoms. The van der Waals surface area contributed by atoms with Crippen LogP contribution in [0.4, 0.5) is 5.69 Å². The second-order valence-corrected chi connectivity index (χ2v) is 6.73. The first-order valence-corrected chi connectivity index (χ1v) is 8.74. The summed E-state index contributed by atoms with van der Waals surface area (Å²) >= 11 is 0. The number of hydrogen-bond donors (Lipinski definition) is 1. The van der Waals surface area contributed by atoms with Gasteiger partial charge in [0.15, 0.2) is 5.60 Å². The molecule has 0 aromatic heterocycles. The highest BCUT2D eigenvalue weighted by Gasteiger charge is 2.49. The van der Waals surface area contributed by atoms with Crippen LogP contribution in [-0.4, -0.2) is 29.9 Å². The molecule has 26 heavy (non-hydrogen) atoms. The third-order valence-corrected chi connectivity index (χ3v) is 4.56. The maximum Gasteiger partial charge on any atom is 0.264 e. The zero-order valence-electron chi connectivity index (χ0n) is 15.1. The van der Waals surface area contributed by atoms with E-state index in [1.807, 2.05) is 37.3 Å². The van der Waals surface area contributed by atoms with Crippen molar-refractivity contribution in [3.05, 3.63) is 59.7 Å². The quantitative estimate of drug-likeness (QED) is 0.777. The average molecular weight is 353 g/mol. The van der Waals surface area contributed by atoms with E-state index in [-0.39, 0.29) is 12.2 Å². The lowest BCUT2D eigenvalue weighted by Crippen LogP contribution is -2.42. The van der Waals surface area contributed by atoms with Gasteiger partial charge in [0.1, 0.15) is 11.5 Å². The summed E-state index contributed by atoms with van der Waals surface area (Å²) in [6.07, 6.45) is 0.406. The number of fused-ring (bicyclic) bond motifs is 1. The van der Waals surface area contributed by atoms with Crippen molar-refractivity contribution in [2.45, 2.75) is 32.3 Å². The topological polar surface area (TPSA) is 66.8 Å². The maximum atomic E-state index is 12.8. The second-order valence-electron chi connectivity index (χ2n) is 6.73. The average Bonchev–Trinajstić information content (AvgIpc) is 2.81. The van der Waals surface area contributed by atoms with Crippen LogP contribution in [0, 0.1) is 6.92 Å². The van der Waals surface area contributed by atoms with E-state index in [0.717, 1.165) is 5.75 Å². The van der Waals surface area contributed by atoms with Crippen LogP contribution in [0.5, 0.6) is 5.75 Å². The Kier molecular flexibility index (Phi) is 5.09. The molecule has 1 atom stereocenters. The molecular formula is C21H23NO4. The number of para-hydroxylation sites is 1. The number of hydrogen-bond acceptors (Lipinski definition) is 4. The number of ketones is 1. The third kappa shape index (κ3) is 3.48. The molecule has 0 saturated heterocycles. The first-order valence-electron chi connectivity index (χ1n) is 8.74. The van der Waals surface area contributed by atoms with Crippen LogP contribution in [0.25, 0.3) is 0 Å². The van der Waals surface area contributed by atoms with Crippen molar-refractivity contribution in [1.29, 1.82) is 0 Å². The summed E-state index contributed by atoms with van der Waals surface area (Å²) in [5.74, 6) is 0.126. The predicted octanol–water partition coefficient (Wildman–Crippen LogP) is 2.98. The molecule has 2 aromatic rings. The van der Waals surface area contributed by atoms with Crippen molar-refractivity contribution in [3.63, 3.8) is 0 Å². The number of rotatable bonds is 7. The highest BCUT2D eigenvalue weighted by molar-refractivity contribution is 6.08. The fraction of sp³-hybridized carbons (Fsp3) is 0.333. The SMILES string of the molecule is CC(=O)CC1(O)C(=O)N(CCCOc2ccc(C)cc2)c2ccccc21. The molecule has 1 N–H and O–H groups in total. The van der Waals surface area contributed by atoms with Gasteiger partial charge in [0.25, 0.3) is 5.91 Å². The van der Waals surface area contributed by atoms with Gasteiger partial charge in [0.2, 0.25) is 0 Å². The first kappa shape index (κ1) is 18.1. The van der Waals surface area contributed by atoms with Gasteiger partial charge in [-0.1, -0.05) is 35.9 Å². The normalized spacial score (nSPS) is 18.7. The molecule has 1 heterocycles. The Labute approximate surface area is 153 Å². The standard InChI is InChI=1S/C21H23NO4/c1-15-8-10-17(11-9-15)26-13-5-12-22-19-7-4-3-6-18(19)21(25,20(22)24)14-16(2)23/h3-4,6-11,25H,5,12-14H2,1-2H3. The summed E-state index contributed by atoms with van der Waals surface area (Å²) in [4.78, 5) is 25.9. The number of Topliss-reactive ketones (excluding diaryl/α,β-unsaturated/α-hetero) is 1. The van der Waals surface area contributed by atoms with Crippen molar-refractivity contribution in [1.82, 2.24) is 0 Å². The van der Waals surface area contributed by atoms with E-state index in [1.54, 1.807) is 23.1 Å². The van der Waals surface area contributed by atoms with Gasteiger partial charge in [-0.15, -0.1) is 0 Å². The van der Waals surface area contributed by atoms with Crippen LogP contribution >= 0.6 is 0 Å². The molecule has 3 rings (SSSR count). The Hall–Kier alpha value is -2.66. The Morgan fingerprint density at radius 1 is 1.15 bits per heavy atom. The van der Waals surface area contributed by atoms with E-state index >= 15 is 0 Å². The zero-order chi connectivity index (χ0) is 18.7. The minimum atomic E-state index is -1.76. The fourth-order valence-electron chi connectivity index (χ4n) is 3.31. The van der Waals surface area contributed by atoms with Crippen LogP contribution in [0.3, 0.4) is 0 Å². The number of anilines is 1. The number of nitrogens with zero attached hydrogens (tertiary/aromatic N) is 1. The van der Waals surface area contributed by atoms with Crippen molar-refractivity contribution in [2.24, 2.45) is 0 Å². The smallest absolute Gasteiger partial charge is 0.264 e. The van der Waals surface area contributed by atoms with Gasteiger partial charge in [-0.25, -0.2) is 0 Å². The summed E-state index contributed by atoms with van der Waals surface area (Å²) in [6.45, 7) is 4.27. The molecule has 5 nitrogen and oxygen atoms in total.